The Morgan fingerprint density at radius 3 is 1.34 bits per heavy atom. The molecule has 0 aliphatic heterocycles. The van der Waals surface area contributed by atoms with Crippen LogP contribution >= 0.6 is 0 Å². The number of methoxy groups -OCH3 is 1. The molecule has 1 aromatic carbocycles. The molecule has 0 unspecified atom stereocenters. The molecule has 0 saturated heterocycles. The normalized spacial score (nSPS) is 11.7. The Balaban J connectivity index is 3.35. The molecule has 0 fully saturated rings. The van der Waals surface area contributed by atoms with Crippen molar-refractivity contribution in [3.63, 3.8) is 0 Å². The zero-order chi connectivity index (χ0) is 27.0. The Morgan fingerprint density at radius 2 is 1.09 bits per heavy atom. The highest BCUT2D eigenvalue weighted by molar-refractivity contribution is 6.05. The maximum Gasteiger partial charge on any atom is 0.313 e. The van der Waals surface area contributed by atoms with Crippen molar-refractivity contribution in [1.29, 1.82) is 0 Å². The summed E-state index contributed by atoms with van der Waals surface area (Å²) in [5.74, 6) is -3.18. The van der Waals surface area contributed by atoms with Gasteiger partial charge in [-0.05, 0) is 52.0 Å². The highest BCUT2D eigenvalue weighted by Crippen LogP contribution is 2.43. The van der Waals surface area contributed by atoms with Crippen molar-refractivity contribution in [3.05, 3.63) is 46.8 Å². The minimum atomic E-state index is -1.72. The first-order valence-corrected chi connectivity index (χ1v) is 10.9. The molecule has 0 aliphatic carbocycles. The number of ether oxygens (including phenoxy) is 1. The highest BCUT2D eigenvalue weighted by atomic mass is 16.5. The second-order valence-corrected chi connectivity index (χ2v) is 9.74. The average Bonchev–Trinajstić information content (AvgIpc) is 3.14. The third-order valence-corrected chi connectivity index (χ3v) is 6.04. The Bertz CT molecular complexity index is 1110. The first-order valence-electron chi connectivity index (χ1n) is 10.9. The molecule has 1 heterocycles. The van der Waals surface area contributed by atoms with Gasteiger partial charge in [0, 0.05) is 45.0 Å². The molecule has 0 saturated carbocycles. The predicted molar refractivity (Wildman–Crippen MR) is 130 cm³/mol. The van der Waals surface area contributed by atoms with Crippen molar-refractivity contribution in [2.45, 2.75) is 38.5 Å². The van der Waals surface area contributed by atoms with Gasteiger partial charge in [-0.15, -0.1) is 0 Å². The van der Waals surface area contributed by atoms with E-state index in [9.17, 15) is 29.4 Å². The van der Waals surface area contributed by atoms with Gasteiger partial charge < -0.3 is 29.3 Å². The zero-order valence-electron chi connectivity index (χ0n) is 21.6. The van der Waals surface area contributed by atoms with Gasteiger partial charge in [-0.3, -0.25) is 19.2 Å². The minimum Gasteiger partial charge on any atom is -0.497 e. The summed E-state index contributed by atoms with van der Waals surface area (Å²) in [7, 11) is 7.50. The minimum absolute atomic E-state index is 0.0304. The van der Waals surface area contributed by atoms with E-state index in [2.05, 4.69) is 0 Å². The highest BCUT2D eigenvalue weighted by Gasteiger charge is 2.48. The molecule has 0 aliphatic rings. The van der Waals surface area contributed by atoms with Crippen molar-refractivity contribution in [2.24, 2.45) is 0 Å². The van der Waals surface area contributed by atoms with Gasteiger partial charge in [-0.25, -0.2) is 0 Å². The van der Waals surface area contributed by atoms with Gasteiger partial charge in [0.1, 0.15) is 17.1 Å². The van der Waals surface area contributed by atoms with Gasteiger partial charge in [0.25, 0.3) is 11.8 Å². The SMILES string of the molecule is COc1ccc(-n2c(C(=O)N(C)C)c(C(C)(C)C(=O)O)c(C(C)(C)C(=O)O)c2C(=O)N(C)C)cc1. The quantitative estimate of drug-likeness (QED) is 0.585. The molecule has 2 N–H and O–H groups in total. The lowest BCUT2D eigenvalue weighted by atomic mass is 9.73. The van der Waals surface area contributed by atoms with Crippen LogP contribution in [-0.4, -0.2) is 83.6 Å². The average molecular weight is 488 g/mol. The largest absolute Gasteiger partial charge is 0.497 e. The van der Waals surface area contributed by atoms with E-state index in [1.807, 2.05) is 0 Å². The number of carbonyl (C=O) groups is 4. The van der Waals surface area contributed by atoms with E-state index >= 15 is 0 Å². The fourth-order valence-corrected chi connectivity index (χ4v) is 3.82. The Labute approximate surface area is 204 Å². The first-order chi connectivity index (χ1) is 16.0. The van der Waals surface area contributed by atoms with Crippen molar-refractivity contribution in [3.8, 4) is 11.4 Å². The van der Waals surface area contributed by atoms with E-state index in [-0.39, 0.29) is 22.5 Å². The van der Waals surface area contributed by atoms with Gasteiger partial charge in [0.2, 0.25) is 0 Å². The summed E-state index contributed by atoms with van der Waals surface area (Å²) in [5.41, 5.74) is -3.32. The van der Waals surface area contributed by atoms with Crippen LogP contribution in [0.4, 0.5) is 0 Å². The monoisotopic (exact) mass is 487 g/mol. The lowest BCUT2D eigenvalue weighted by Crippen LogP contribution is -2.38. The number of amides is 2. The molecule has 10 heteroatoms. The van der Waals surface area contributed by atoms with E-state index in [0.717, 1.165) is 0 Å². The van der Waals surface area contributed by atoms with Crippen molar-refractivity contribution in [2.75, 3.05) is 35.3 Å². The summed E-state index contributed by atoms with van der Waals surface area (Å²) >= 11 is 0. The van der Waals surface area contributed by atoms with Crippen LogP contribution in [0.3, 0.4) is 0 Å². The van der Waals surface area contributed by atoms with E-state index in [1.165, 1.54) is 77.4 Å². The molecule has 35 heavy (non-hydrogen) atoms. The maximum absolute atomic E-state index is 13.6. The fraction of sp³-hybridized carbons (Fsp3) is 0.440. The van der Waals surface area contributed by atoms with Gasteiger partial charge in [0.15, 0.2) is 0 Å². The van der Waals surface area contributed by atoms with Gasteiger partial charge in [-0.2, -0.15) is 0 Å². The molecule has 0 atom stereocenters. The molecular formula is C25H33N3O7. The zero-order valence-corrected chi connectivity index (χ0v) is 21.6. The molecule has 2 rings (SSSR count). The topological polar surface area (TPSA) is 129 Å². The van der Waals surface area contributed by atoms with Crippen LogP contribution in [0.2, 0.25) is 0 Å². The summed E-state index contributed by atoms with van der Waals surface area (Å²) in [4.78, 5) is 54.7. The maximum atomic E-state index is 13.6. The van der Waals surface area contributed by atoms with Crippen LogP contribution in [0.15, 0.2) is 24.3 Å². The molecule has 10 nitrogen and oxygen atoms in total. The van der Waals surface area contributed by atoms with Gasteiger partial charge in [0.05, 0.1) is 17.9 Å². The molecule has 1 aromatic heterocycles. The lowest BCUT2D eigenvalue weighted by Gasteiger charge is -2.28. The van der Waals surface area contributed by atoms with Crippen LogP contribution in [0.25, 0.3) is 5.69 Å². The van der Waals surface area contributed by atoms with Crippen LogP contribution in [0.1, 0.15) is 59.8 Å². The number of aromatic nitrogens is 1. The molecule has 0 radical (unpaired) electrons. The third-order valence-electron chi connectivity index (χ3n) is 6.04. The molecule has 2 aromatic rings. The van der Waals surface area contributed by atoms with Crippen LogP contribution < -0.4 is 4.74 Å². The molecular weight excluding hydrogens is 454 g/mol. The Morgan fingerprint density at radius 1 is 0.743 bits per heavy atom. The third kappa shape index (κ3) is 4.60. The molecule has 2 amide bonds. The van der Waals surface area contributed by atoms with Crippen molar-refractivity contribution < 1.29 is 34.1 Å². The number of carboxylic acid groups (broad SMARTS) is 2. The smallest absolute Gasteiger partial charge is 0.313 e. The number of hydrogen-bond acceptors (Lipinski definition) is 5. The number of nitrogens with zero attached hydrogens (tertiary/aromatic N) is 3. The van der Waals surface area contributed by atoms with E-state index in [0.29, 0.717) is 11.4 Å². The molecule has 190 valence electrons. The van der Waals surface area contributed by atoms with E-state index in [4.69, 9.17) is 4.74 Å². The summed E-state index contributed by atoms with van der Waals surface area (Å²) in [6.45, 7) is 5.56. The van der Waals surface area contributed by atoms with Crippen molar-refractivity contribution >= 4 is 23.8 Å². The van der Waals surface area contributed by atoms with Crippen molar-refractivity contribution in [1.82, 2.24) is 14.4 Å². The lowest BCUT2D eigenvalue weighted by molar-refractivity contribution is -0.144. The second kappa shape index (κ2) is 9.44. The molecule has 0 spiro atoms. The molecule has 0 bridgehead atoms. The van der Waals surface area contributed by atoms with Crippen LogP contribution in [0, 0.1) is 0 Å². The first kappa shape index (κ1) is 27.4. The van der Waals surface area contributed by atoms with Crippen LogP contribution in [0.5, 0.6) is 5.75 Å². The van der Waals surface area contributed by atoms with E-state index in [1.54, 1.807) is 24.3 Å². The van der Waals surface area contributed by atoms with Gasteiger partial charge >= 0.3 is 11.9 Å². The van der Waals surface area contributed by atoms with Gasteiger partial charge in [-0.1, -0.05) is 0 Å². The van der Waals surface area contributed by atoms with E-state index < -0.39 is 34.6 Å². The van der Waals surface area contributed by atoms with Crippen LogP contribution in [-0.2, 0) is 20.4 Å². The number of carboxylic acids is 2. The summed E-state index contributed by atoms with van der Waals surface area (Å²) < 4.78 is 6.59. The number of rotatable bonds is 8. The second-order valence-electron chi connectivity index (χ2n) is 9.74. The fourth-order valence-electron chi connectivity index (χ4n) is 3.82. The number of hydrogen-bond donors (Lipinski definition) is 2. The Hall–Kier alpha value is -3.82. The number of carbonyl (C=O) groups excluding carboxylic acids is 2. The predicted octanol–water partition coefficient (Wildman–Crippen LogP) is 2.61. The summed E-state index contributed by atoms with van der Waals surface area (Å²) in [6.07, 6.45) is 0. The number of benzene rings is 1. The summed E-state index contributed by atoms with van der Waals surface area (Å²) in [5, 5.41) is 20.3. The number of aliphatic carboxylic acids is 2. The summed E-state index contributed by atoms with van der Waals surface area (Å²) in [6, 6.07) is 6.50. The Kier molecular flexibility index (Phi) is 7.40. The standard InChI is InChI=1S/C25H33N3O7/c1-24(2,22(31)32)16-17(25(3,4)23(33)34)19(21(30)27(7)8)28(18(16)20(29)26(5)6)14-10-12-15(35-9)13-11-14/h10-13H,1-9H3,(H,31,32)(H,33,34).